The largest absolute Gasteiger partial charge is 0.344 e. The highest BCUT2D eigenvalue weighted by Crippen LogP contribution is 2.19. The summed E-state index contributed by atoms with van der Waals surface area (Å²) in [7, 11) is 1.65. The number of aryl methyl sites for hydroxylation is 1. The molecule has 1 amide bonds. The highest BCUT2D eigenvalue weighted by Gasteiger charge is 2.20. The van der Waals surface area contributed by atoms with Gasteiger partial charge in [0.25, 0.3) is 11.5 Å². The molecule has 0 saturated heterocycles. The lowest BCUT2D eigenvalue weighted by molar-refractivity contribution is 0.102. The lowest BCUT2D eigenvalue weighted by Gasteiger charge is -2.06. The molecule has 2 aromatic heterocycles. The van der Waals surface area contributed by atoms with Crippen LogP contribution in [0.4, 0.5) is 5.69 Å². The van der Waals surface area contributed by atoms with E-state index in [2.05, 4.69) is 10.3 Å². The first-order chi connectivity index (χ1) is 13.5. The Labute approximate surface area is 163 Å². The summed E-state index contributed by atoms with van der Waals surface area (Å²) < 4.78 is 2.57. The van der Waals surface area contributed by atoms with Crippen LogP contribution in [0.3, 0.4) is 0 Å². The molecule has 0 saturated carbocycles. The second-order valence-electron chi connectivity index (χ2n) is 6.25. The molecule has 4 aromatic rings. The van der Waals surface area contributed by atoms with Crippen LogP contribution in [0, 0.1) is 0 Å². The monoisotopic (exact) mass is 394 g/mol. The van der Waals surface area contributed by atoms with E-state index < -0.39 is 17.2 Å². The Balaban J connectivity index is 1.85. The Morgan fingerprint density at radius 2 is 1.82 bits per heavy atom. The maximum atomic E-state index is 13.0. The van der Waals surface area contributed by atoms with E-state index >= 15 is 0 Å². The number of nitrogens with one attached hydrogen (secondary N) is 2. The van der Waals surface area contributed by atoms with Crippen LogP contribution in [-0.2, 0) is 7.05 Å². The number of fused-ring (bicyclic) bond motifs is 1. The van der Waals surface area contributed by atoms with E-state index in [0.29, 0.717) is 16.4 Å². The van der Waals surface area contributed by atoms with Crippen LogP contribution in [0.5, 0.6) is 0 Å². The molecule has 0 aliphatic rings. The zero-order valence-corrected chi connectivity index (χ0v) is 15.5. The minimum Gasteiger partial charge on any atom is -0.344 e. The summed E-state index contributed by atoms with van der Waals surface area (Å²) in [6, 6.07) is 15.3. The van der Waals surface area contributed by atoms with Crippen molar-refractivity contribution in [2.75, 3.05) is 5.32 Å². The fraction of sp³-hybridized carbons (Fsp3) is 0.0500. The van der Waals surface area contributed by atoms with Gasteiger partial charge in [-0.2, -0.15) is 0 Å². The minimum absolute atomic E-state index is 0.184. The Hall–Kier alpha value is -3.58. The first-order valence-electron chi connectivity index (χ1n) is 8.42. The molecule has 140 valence electrons. The van der Waals surface area contributed by atoms with E-state index in [9.17, 15) is 14.4 Å². The fourth-order valence-electron chi connectivity index (χ4n) is 3.12. The lowest BCUT2D eigenvalue weighted by atomic mass is 10.2. The van der Waals surface area contributed by atoms with Crippen LogP contribution in [0.2, 0.25) is 5.02 Å². The Morgan fingerprint density at radius 1 is 1.07 bits per heavy atom. The smallest absolute Gasteiger partial charge is 0.333 e. The summed E-state index contributed by atoms with van der Waals surface area (Å²) in [4.78, 5) is 41.0. The first kappa shape index (κ1) is 17.8. The van der Waals surface area contributed by atoms with Gasteiger partial charge in [0.15, 0.2) is 0 Å². The van der Waals surface area contributed by atoms with Gasteiger partial charge in [-0.25, -0.2) is 9.36 Å². The molecule has 0 aliphatic carbocycles. The van der Waals surface area contributed by atoms with Crippen LogP contribution in [0.1, 0.15) is 10.4 Å². The highest BCUT2D eigenvalue weighted by molar-refractivity contribution is 6.31. The van der Waals surface area contributed by atoms with Gasteiger partial charge in [-0.3, -0.25) is 9.59 Å². The number of H-pyrrole nitrogens is 1. The summed E-state index contributed by atoms with van der Waals surface area (Å²) in [5, 5.41) is 3.20. The number of hydrogen-bond acceptors (Lipinski definition) is 3. The second kappa shape index (κ2) is 6.86. The molecule has 0 aliphatic heterocycles. The number of aromatic nitrogens is 3. The summed E-state index contributed by atoms with van der Waals surface area (Å²) in [5.41, 5.74) is 0.424. The lowest BCUT2D eigenvalue weighted by Crippen LogP contribution is -2.34. The average molecular weight is 395 g/mol. The number of carbonyl (C=O) groups excluding carboxylic acids is 1. The number of amides is 1. The minimum atomic E-state index is -0.619. The molecule has 2 heterocycles. The quantitative estimate of drug-likeness (QED) is 0.560. The van der Waals surface area contributed by atoms with Crippen molar-refractivity contribution in [3.05, 3.63) is 92.2 Å². The van der Waals surface area contributed by atoms with E-state index in [1.165, 1.54) is 10.8 Å². The second-order valence-corrected chi connectivity index (χ2v) is 6.68. The van der Waals surface area contributed by atoms with E-state index in [4.69, 9.17) is 11.6 Å². The van der Waals surface area contributed by atoms with Gasteiger partial charge in [0.2, 0.25) is 0 Å². The SMILES string of the molecule is Cn1cc(C(=O)Nc2cccc(Cl)c2)c2[nH]c(=O)n(-c3ccccc3)c(=O)c21. The van der Waals surface area contributed by atoms with Crippen LogP contribution in [0.15, 0.2) is 70.4 Å². The van der Waals surface area contributed by atoms with Crippen LogP contribution in [0.25, 0.3) is 16.7 Å². The number of nitrogens with zero attached hydrogens (tertiary/aromatic N) is 2. The van der Waals surface area contributed by atoms with Crippen molar-refractivity contribution in [2.45, 2.75) is 0 Å². The third-order valence-corrected chi connectivity index (χ3v) is 4.60. The maximum absolute atomic E-state index is 13.0. The van der Waals surface area contributed by atoms with Crippen molar-refractivity contribution in [2.24, 2.45) is 7.05 Å². The molecular formula is C20H15ClN4O3. The van der Waals surface area contributed by atoms with Crippen LogP contribution in [-0.4, -0.2) is 20.0 Å². The zero-order chi connectivity index (χ0) is 19.8. The Kier molecular flexibility index (Phi) is 4.37. The molecule has 0 spiro atoms. The normalized spacial score (nSPS) is 10.9. The Bertz CT molecular complexity index is 1320. The van der Waals surface area contributed by atoms with Crippen molar-refractivity contribution in [3.63, 3.8) is 0 Å². The molecule has 0 radical (unpaired) electrons. The Morgan fingerprint density at radius 3 is 2.54 bits per heavy atom. The van der Waals surface area contributed by atoms with Gasteiger partial charge >= 0.3 is 5.69 Å². The molecule has 4 rings (SSSR count). The number of rotatable bonds is 3. The van der Waals surface area contributed by atoms with E-state index in [-0.39, 0.29) is 16.6 Å². The molecular weight excluding hydrogens is 380 g/mol. The maximum Gasteiger partial charge on any atom is 0.333 e. The highest BCUT2D eigenvalue weighted by atomic mass is 35.5. The number of carbonyl (C=O) groups is 1. The number of benzene rings is 2. The number of aromatic amines is 1. The van der Waals surface area contributed by atoms with Gasteiger partial charge < -0.3 is 14.9 Å². The molecule has 0 unspecified atom stereocenters. The number of para-hydroxylation sites is 1. The first-order valence-corrected chi connectivity index (χ1v) is 8.80. The van der Waals surface area contributed by atoms with Gasteiger partial charge in [0.05, 0.1) is 16.8 Å². The van der Waals surface area contributed by atoms with Gasteiger partial charge in [-0.1, -0.05) is 35.9 Å². The van der Waals surface area contributed by atoms with E-state index in [1.807, 2.05) is 0 Å². The van der Waals surface area contributed by atoms with Gasteiger partial charge in [0, 0.05) is 24.0 Å². The third kappa shape index (κ3) is 3.01. The van der Waals surface area contributed by atoms with Gasteiger partial charge in [-0.05, 0) is 30.3 Å². The summed E-state index contributed by atoms with van der Waals surface area (Å²) in [6.07, 6.45) is 1.51. The molecule has 7 nitrogen and oxygen atoms in total. The van der Waals surface area contributed by atoms with Crippen molar-refractivity contribution < 1.29 is 4.79 Å². The van der Waals surface area contributed by atoms with Crippen LogP contribution < -0.4 is 16.6 Å². The predicted molar refractivity (Wildman–Crippen MR) is 109 cm³/mol. The topological polar surface area (TPSA) is 88.9 Å². The summed E-state index contributed by atoms with van der Waals surface area (Å²) >= 11 is 5.94. The number of halogens is 1. The molecule has 0 bridgehead atoms. The van der Waals surface area contributed by atoms with Crippen molar-refractivity contribution in [3.8, 4) is 5.69 Å². The standard InChI is InChI=1S/C20H15ClN4O3/c1-24-11-15(18(26)22-13-7-5-6-12(21)10-13)16-17(24)19(27)25(20(28)23-16)14-8-3-2-4-9-14/h2-11H,1H3,(H,22,26)(H,23,28). The van der Waals surface area contributed by atoms with E-state index in [0.717, 1.165) is 4.57 Å². The molecule has 28 heavy (non-hydrogen) atoms. The summed E-state index contributed by atoms with van der Waals surface area (Å²) in [6.45, 7) is 0. The van der Waals surface area contributed by atoms with Crippen molar-refractivity contribution in [1.29, 1.82) is 0 Å². The molecule has 0 fully saturated rings. The van der Waals surface area contributed by atoms with E-state index in [1.54, 1.807) is 61.6 Å². The fourth-order valence-corrected chi connectivity index (χ4v) is 3.31. The van der Waals surface area contributed by atoms with Crippen molar-refractivity contribution in [1.82, 2.24) is 14.1 Å². The number of hydrogen-bond donors (Lipinski definition) is 2. The molecule has 2 aromatic carbocycles. The predicted octanol–water partition coefficient (Wildman–Crippen LogP) is 2.92. The third-order valence-electron chi connectivity index (χ3n) is 4.36. The van der Waals surface area contributed by atoms with Crippen molar-refractivity contribution >= 4 is 34.2 Å². The zero-order valence-electron chi connectivity index (χ0n) is 14.8. The van der Waals surface area contributed by atoms with Crippen LogP contribution >= 0.6 is 11.6 Å². The summed E-state index contributed by atoms with van der Waals surface area (Å²) in [5.74, 6) is -0.458. The molecule has 8 heteroatoms. The molecule has 2 N–H and O–H groups in total. The molecule has 0 atom stereocenters. The van der Waals surface area contributed by atoms with Gasteiger partial charge in [-0.15, -0.1) is 0 Å². The number of anilines is 1. The average Bonchev–Trinajstić information content (AvgIpc) is 2.99. The van der Waals surface area contributed by atoms with Gasteiger partial charge in [0.1, 0.15) is 5.52 Å².